The summed E-state index contributed by atoms with van der Waals surface area (Å²) in [5.41, 5.74) is 0. The smallest absolute Gasteiger partial charge is 0.251 e. The average Bonchev–Trinajstić information content (AvgIpc) is 2.49. The first-order chi connectivity index (χ1) is 5.77. The van der Waals surface area contributed by atoms with Gasteiger partial charge in [-0.05, 0) is 18.8 Å². The Kier molecular flexibility index (Phi) is 2.05. The van der Waals surface area contributed by atoms with Crippen LogP contribution in [0.2, 0.25) is 0 Å². The van der Waals surface area contributed by atoms with Gasteiger partial charge >= 0.3 is 0 Å². The van der Waals surface area contributed by atoms with Gasteiger partial charge in [-0.15, -0.1) is 0 Å². The van der Waals surface area contributed by atoms with Gasteiger partial charge in [0.25, 0.3) is 5.91 Å². The maximum Gasteiger partial charge on any atom is 0.251 e. The van der Waals surface area contributed by atoms with Gasteiger partial charge in [-0.25, -0.2) is 0 Å². The summed E-state index contributed by atoms with van der Waals surface area (Å²) in [6, 6.07) is 0. The average molecular weight is 169 g/mol. The number of hydrogen-bond donors (Lipinski definition) is 0. The van der Waals surface area contributed by atoms with Crippen LogP contribution in [-0.4, -0.2) is 36.6 Å². The second kappa shape index (κ2) is 3.05. The Balaban J connectivity index is 1.83. The predicted octanol–water partition coefficient (Wildman–Crippen LogP) is 0.644. The molecule has 0 aromatic carbocycles. The molecule has 1 amide bonds. The van der Waals surface area contributed by atoms with Crippen molar-refractivity contribution in [3.05, 3.63) is 0 Å². The molecule has 2 rings (SSSR count). The van der Waals surface area contributed by atoms with E-state index in [0.717, 1.165) is 32.5 Å². The number of carbonyl (C=O) groups excluding carboxylic acids is 1. The second-order valence-corrected chi connectivity index (χ2v) is 3.85. The number of nitrogens with zero attached hydrogens (tertiary/aromatic N) is 1. The quantitative estimate of drug-likeness (QED) is 0.576. The molecule has 0 bridgehead atoms. The zero-order valence-corrected chi connectivity index (χ0v) is 7.45. The predicted molar refractivity (Wildman–Crippen MR) is 44.7 cm³/mol. The minimum Gasteiger partial charge on any atom is -0.368 e. The number of ether oxygens (including phenoxy) is 1. The molecule has 3 heteroatoms. The summed E-state index contributed by atoms with van der Waals surface area (Å²) in [6.45, 7) is 4.79. The molecule has 1 atom stereocenters. The molecule has 2 fully saturated rings. The normalized spacial score (nSPS) is 30.4. The third-order valence-electron chi connectivity index (χ3n) is 2.58. The van der Waals surface area contributed by atoms with E-state index in [1.165, 1.54) is 0 Å². The Bertz CT molecular complexity index is 181. The molecular weight excluding hydrogens is 154 g/mol. The van der Waals surface area contributed by atoms with E-state index in [0.29, 0.717) is 5.92 Å². The van der Waals surface area contributed by atoms with Gasteiger partial charge in [0.1, 0.15) is 6.10 Å². The van der Waals surface area contributed by atoms with E-state index in [2.05, 4.69) is 6.92 Å². The number of amides is 1. The highest BCUT2D eigenvalue weighted by Gasteiger charge is 2.33. The van der Waals surface area contributed by atoms with Gasteiger partial charge in [-0.1, -0.05) is 6.92 Å². The standard InChI is InChI=1S/C9H15NO2/c1-7-5-10(6-7)9(11)8-3-2-4-12-8/h7-8H,2-6H2,1H3/t8-/m1/s1. The number of likely N-dealkylation sites (tertiary alicyclic amines) is 1. The summed E-state index contributed by atoms with van der Waals surface area (Å²) in [5.74, 6) is 0.904. The summed E-state index contributed by atoms with van der Waals surface area (Å²) >= 11 is 0. The first-order valence-corrected chi connectivity index (χ1v) is 4.68. The maximum atomic E-state index is 11.6. The number of hydrogen-bond acceptors (Lipinski definition) is 2. The summed E-state index contributed by atoms with van der Waals surface area (Å²) in [7, 11) is 0. The minimum atomic E-state index is -0.113. The SMILES string of the molecule is CC1CN(C(=O)[C@H]2CCCO2)C1. The van der Waals surface area contributed by atoms with Crippen LogP contribution < -0.4 is 0 Å². The van der Waals surface area contributed by atoms with Crippen molar-refractivity contribution in [2.45, 2.75) is 25.9 Å². The Morgan fingerprint density at radius 2 is 2.25 bits per heavy atom. The molecule has 68 valence electrons. The van der Waals surface area contributed by atoms with Crippen molar-refractivity contribution in [2.24, 2.45) is 5.92 Å². The highest BCUT2D eigenvalue weighted by Crippen LogP contribution is 2.20. The summed E-state index contributed by atoms with van der Waals surface area (Å²) in [4.78, 5) is 13.5. The first-order valence-electron chi connectivity index (χ1n) is 4.68. The fourth-order valence-electron chi connectivity index (χ4n) is 1.85. The molecule has 0 N–H and O–H groups in total. The Labute approximate surface area is 72.7 Å². The molecule has 0 saturated carbocycles. The minimum absolute atomic E-state index is 0.113. The molecule has 0 unspecified atom stereocenters. The van der Waals surface area contributed by atoms with Crippen LogP contribution in [0.4, 0.5) is 0 Å². The second-order valence-electron chi connectivity index (χ2n) is 3.85. The highest BCUT2D eigenvalue weighted by molar-refractivity contribution is 5.81. The van der Waals surface area contributed by atoms with Crippen molar-refractivity contribution >= 4 is 5.91 Å². The van der Waals surface area contributed by atoms with Crippen molar-refractivity contribution in [3.63, 3.8) is 0 Å². The number of carbonyl (C=O) groups is 1. The maximum absolute atomic E-state index is 11.6. The van der Waals surface area contributed by atoms with E-state index in [9.17, 15) is 4.79 Å². The van der Waals surface area contributed by atoms with Crippen molar-refractivity contribution in [1.82, 2.24) is 4.90 Å². The lowest BCUT2D eigenvalue weighted by Crippen LogP contribution is -2.52. The molecule has 0 spiro atoms. The summed E-state index contributed by atoms with van der Waals surface area (Å²) < 4.78 is 5.32. The lowest BCUT2D eigenvalue weighted by molar-refractivity contribution is -0.147. The fourth-order valence-corrected chi connectivity index (χ4v) is 1.85. The van der Waals surface area contributed by atoms with Gasteiger partial charge < -0.3 is 9.64 Å². The fraction of sp³-hybridized carbons (Fsp3) is 0.889. The van der Waals surface area contributed by atoms with E-state index in [-0.39, 0.29) is 12.0 Å². The molecule has 2 aliphatic rings. The first kappa shape index (κ1) is 8.05. The van der Waals surface area contributed by atoms with E-state index in [1.54, 1.807) is 0 Å². The van der Waals surface area contributed by atoms with Crippen LogP contribution in [0.25, 0.3) is 0 Å². The third-order valence-corrected chi connectivity index (χ3v) is 2.58. The molecule has 2 heterocycles. The van der Waals surface area contributed by atoms with Gasteiger partial charge in [0.05, 0.1) is 0 Å². The van der Waals surface area contributed by atoms with Crippen LogP contribution in [0.3, 0.4) is 0 Å². The highest BCUT2D eigenvalue weighted by atomic mass is 16.5. The Morgan fingerprint density at radius 3 is 2.75 bits per heavy atom. The van der Waals surface area contributed by atoms with Crippen molar-refractivity contribution in [2.75, 3.05) is 19.7 Å². The van der Waals surface area contributed by atoms with Gasteiger partial charge in [0.2, 0.25) is 0 Å². The lowest BCUT2D eigenvalue weighted by Gasteiger charge is -2.38. The largest absolute Gasteiger partial charge is 0.368 e. The topological polar surface area (TPSA) is 29.5 Å². The van der Waals surface area contributed by atoms with Crippen LogP contribution in [0.5, 0.6) is 0 Å². The summed E-state index contributed by atoms with van der Waals surface area (Å²) in [5, 5.41) is 0. The van der Waals surface area contributed by atoms with Crippen LogP contribution in [0.15, 0.2) is 0 Å². The molecule has 2 saturated heterocycles. The molecular formula is C9H15NO2. The zero-order valence-electron chi connectivity index (χ0n) is 7.45. The lowest BCUT2D eigenvalue weighted by atomic mass is 10.0. The van der Waals surface area contributed by atoms with Crippen LogP contribution in [0.1, 0.15) is 19.8 Å². The Hall–Kier alpha value is -0.570. The molecule has 0 aromatic heterocycles. The molecule has 12 heavy (non-hydrogen) atoms. The van der Waals surface area contributed by atoms with Gasteiger partial charge in [-0.2, -0.15) is 0 Å². The third kappa shape index (κ3) is 1.33. The molecule has 0 radical (unpaired) electrons. The zero-order chi connectivity index (χ0) is 8.55. The number of rotatable bonds is 1. The van der Waals surface area contributed by atoms with Gasteiger partial charge in [-0.3, -0.25) is 4.79 Å². The van der Waals surface area contributed by atoms with E-state index >= 15 is 0 Å². The van der Waals surface area contributed by atoms with Gasteiger partial charge in [0, 0.05) is 19.7 Å². The van der Waals surface area contributed by atoms with Crippen LogP contribution in [0, 0.1) is 5.92 Å². The van der Waals surface area contributed by atoms with Crippen molar-refractivity contribution in [3.8, 4) is 0 Å². The molecule has 2 aliphatic heterocycles. The Morgan fingerprint density at radius 1 is 1.50 bits per heavy atom. The molecule has 0 aliphatic carbocycles. The van der Waals surface area contributed by atoms with Crippen LogP contribution >= 0.6 is 0 Å². The monoisotopic (exact) mass is 169 g/mol. The van der Waals surface area contributed by atoms with E-state index in [4.69, 9.17) is 4.74 Å². The van der Waals surface area contributed by atoms with Crippen molar-refractivity contribution < 1.29 is 9.53 Å². The van der Waals surface area contributed by atoms with Gasteiger partial charge in [0.15, 0.2) is 0 Å². The van der Waals surface area contributed by atoms with E-state index < -0.39 is 0 Å². The van der Waals surface area contributed by atoms with Crippen LogP contribution in [-0.2, 0) is 9.53 Å². The van der Waals surface area contributed by atoms with Crippen molar-refractivity contribution in [1.29, 1.82) is 0 Å². The molecule has 0 aromatic rings. The van der Waals surface area contributed by atoms with E-state index in [1.807, 2.05) is 4.90 Å². The summed E-state index contributed by atoms with van der Waals surface area (Å²) in [6.07, 6.45) is 1.85. The molecule has 3 nitrogen and oxygen atoms in total.